The number of nitrogens with two attached hydrogens (primary N) is 1. The van der Waals surface area contributed by atoms with Crippen LogP contribution in [0, 0.1) is 0 Å². The number of carbonyl (C=O) groups excluding carboxylic acids is 1. The van der Waals surface area contributed by atoms with Crippen molar-refractivity contribution < 1.29 is 4.79 Å². The van der Waals surface area contributed by atoms with E-state index in [4.69, 9.17) is 17.3 Å². The molecular weight excluding hydrogens is 236 g/mol. The molecule has 17 heavy (non-hydrogen) atoms. The van der Waals surface area contributed by atoms with E-state index in [9.17, 15) is 4.79 Å². The monoisotopic (exact) mass is 254 g/mol. The normalized spacial score (nSPS) is 10.2. The van der Waals surface area contributed by atoms with E-state index in [1.165, 1.54) is 5.56 Å². The van der Waals surface area contributed by atoms with Crippen LogP contribution >= 0.6 is 11.6 Å². The van der Waals surface area contributed by atoms with E-state index < -0.39 is 0 Å². The van der Waals surface area contributed by atoms with Gasteiger partial charge in [-0.3, -0.25) is 4.79 Å². The van der Waals surface area contributed by atoms with Gasteiger partial charge in [0.2, 0.25) is 5.91 Å². The van der Waals surface area contributed by atoms with Gasteiger partial charge in [-0.25, -0.2) is 0 Å². The second kappa shape index (κ2) is 7.17. The summed E-state index contributed by atoms with van der Waals surface area (Å²) >= 11 is 5.69. The molecule has 0 atom stereocenters. The first-order valence-electron chi connectivity index (χ1n) is 5.78. The fraction of sp³-hybridized carbons (Fsp3) is 0.462. The van der Waals surface area contributed by atoms with E-state index in [0.717, 1.165) is 25.1 Å². The second-order valence-corrected chi connectivity index (χ2v) is 4.47. The van der Waals surface area contributed by atoms with Gasteiger partial charge in [0, 0.05) is 31.6 Å². The van der Waals surface area contributed by atoms with Crippen molar-refractivity contribution in [1.82, 2.24) is 0 Å². The number of hydrogen-bond donors (Lipinski definition) is 1. The third-order valence-electron chi connectivity index (χ3n) is 2.69. The molecule has 4 heteroatoms. The lowest BCUT2D eigenvalue weighted by Crippen LogP contribution is -2.19. The lowest BCUT2D eigenvalue weighted by Gasteiger charge is -2.17. The molecule has 0 bridgehead atoms. The highest BCUT2D eigenvalue weighted by molar-refractivity contribution is 6.18. The molecule has 3 nitrogen and oxygen atoms in total. The first-order chi connectivity index (χ1) is 8.13. The van der Waals surface area contributed by atoms with Crippen LogP contribution < -0.4 is 10.6 Å². The van der Waals surface area contributed by atoms with Crippen LogP contribution in [-0.2, 0) is 11.2 Å². The molecule has 2 N–H and O–H groups in total. The van der Waals surface area contributed by atoms with Gasteiger partial charge in [0.05, 0.1) is 0 Å². The van der Waals surface area contributed by atoms with Gasteiger partial charge in [-0.15, -0.1) is 11.6 Å². The van der Waals surface area contributed by atoms with Crippen molar-refractivity contribution in [1.29, 1.82) is 0 Å². The standard InChI is InChI=1S/C13H19ClN2O/c1-16(10-9-14)12-7-5-11(6-8-12)3-2-4-13(15)17/h5-8H,2-4,9-10H2,1H3,(H2,15,17). The molecule has 0 saturated heterocycles. The number of halogens is 1. The van der Waals surface area contributed by atoms with E-state index >= 15 is 0 Å². The summed E-state index contributed by atoms with van der Waals surface area (Å²) in [7, 11) is 2.02. The minimum atomic E-state index is -0.233. The van der Waals surface area contributed by atoms with Crippen molar-refractivity contribution in [3.63, 3.8) is 0 Å². The summed E-state index contributed by atoms with van der Waals surface area (Å²) in [6.07, 6.45) is 2.16. The van der Waals surface area contributed by atoms with Crippen LogP contribution in [0.4, 0.5) is 5.69 Å². The summed E-state index contributed by atoms with van der Waals surface area (Å²) in [6.45, 7) is 0.836. The number of carbonyl (C=O) groups is 1. The molecule has 0 heterocycles. The van der Waals surface area contributed by atoms with Crippen LogP contribution in [0.15, 0.2) is 24.3 Å². The van der Waals surface area contributed by atoms with E-state index in [0.29, 0.717) is 12.3 Å². The Balaban J connectivity index is 2.47. The molecule has 0 aliphatic rings. The van der Waals surface area contributed by atoms with Crippen LogP contribution in [-0.4, -0.2) is 25.4 Å². The van der Waals surface area contributed by atoms with Crippen molar-refractivity contribution >= 4 is 23.2 Å². The molecule has 0 unspecified atom stereocenters. The van der Waals surface area contributed by atoms with Gasteiger partial charge in [-0.2, -0.15) is 0 Å². The zero-order valence-corrected chi connectivity index (χ0v) is 10.9. The fourth-order valence-electron chi connectivity index (χ4n) is 1.64. The van der Waals surface area contributed by atoms with Crippen molar-refractivity contribution in [2.24, 2.45) is 5.73 Å². The summed E-state index contributed by atoms with van der Waals surface area (Å²) < 4.78 is 0. The molecule has 0 radical (unpaired) electrons. The zero-order chi connectivity index (χ0) is 12.7. The van der Waals surface area contributed by atoms with Gasteiger partial charge in [0.1, 0.15) is 0 Å². The molecule has 1 rings (SSSR count). The summed E-state index contributed by atoms with van der Waals surface area (Å²) in [5, 5.41) is 0. The number of rotatable bonds is 7. The van der Waals surface area contributed by atoms with E-state index in [1.807, 2.05) is 7.05 Å². The second-order valence-electron chi connectivity index (χ2n) is 4.10. The Morgan fingerprint density at radius 3 is 2.53 bits per heavy atom. The first kappa shape index (κ1) is 13.8. The smallest absolute Gasteiger partial charge is 0.217 e. The Bertz CT molecular complexity index is 351. The third-order valence-corrected chi connectivity index (χ3v) is 2.85. The van der Waals surface area contributed by atoms with E-state index in [-0.39, 0.29) is 5.91 Å². The fourth-order valence-corrected chi connectivity index (χ4v) is 1.89. The predicted octanol–water partition coefficient (Wildman–Crippen LogP) is 2.17. The molecule has 0 saturated carbocycles. The Hall–Kier alpha value is -1.22. The summed E-state index contributed by atoms with van der Waals surface area (Å²) in [5.41, 5.74) is 7.48. The van der Waals surface area contributed by atoms with E-state index in [1.54, 1.807) is 0 Å². The van der Waals surface area contributed by atoms with Crippen molar-refractivity contribution in [2.45, 2.75) is 19.3 Å². The van der Waals surface area contributed by atoms with Crippen molar-refractivity contribution in [3.8, 4) is 0 Å². The molecule has 0 spiro atoms. The van der Waals surface area contributed by atoms with E-state index in [2.05, 4.69) is 29.2 Å². The summed E-state index contributed by atoms with van der Waals surface area (Å²) in [6, 6.07) is 8.32. The number of alkyl halides is 1. The first-order valence-corrected chi connectivity index (χ1v) is 6.31. The van der Waals surface area contributed by atoms with Crippen LogP contribution in [0.1, 0.15) is 18.4 Å². The quantitative estimate of drug-likeness (QED) is 0.758. The van der Waals surface area contributed by atoms with Gasteiger partial charge in [0.25, 0.3) is 0 Å². The van der Waals surface area contributed by atoms with Gasteiger partial charge in [-0.1, -0.05) is 12.1 Å². The molecule has 1 aromatic rings. The zero-order valence-electron chi connectivity index (χ0n) is 10.2. The maximum Gasteiger partial charge on any atom is 0.217 e. The highest BCUT2D eigenvalue weighted by atomic mass is 35.5. The molecule has 94 valence electrons. The number of benzene rings is 1. The Morgan fingerprint density at radius 2 is 2.00 bits per heavy atom. The third kappa shape index (κ3) is 5.09. The number of anilines is 1. The summed E-state index contributed by atoms with van der Waals surface area (Å²) in [4.78, 5) is 12.7. The highest BCUT2D eigenvalue weighted by Gasteiger charge is 2.01. The maximum absolute atomic E-state index is 10.6. The SMILES string of the molecule is CN(CCCl)c1ccc(CCCC(N)=O)cc1. The maximum atomic E-state index is 10.6. The Morgan fingerprint density at radius 1 is 1.35 bits per heavy atom. The summed E-state index contributed by atoms with van der Waals surface area (Å²) in [5.74, 6) is 0.389. The molecule has 1 amide bonds. The van der Waals surface area contributed by atoms with Crippen molar-refractivity contribution in [2.75, 3.05) is 24.4 Å². The number of aryl methyl sites for hydroxylation is 1. The average molecular weight is 255 g/mol. The van der Waals surface area contributed by atoms with Gasteiger partial charge < -0.3 is 10.6 Å². The molecule has 0 aliphatic heterocycles. The molecule has 0 aromatic heterocycles. The van der Waals surface area contributed by atoms with Crippen LogP contribution in [0.25, 0.3) is 0 Å². The lowest BCUT2D eigenvalue weighted by molar-refractivity contribution is -0.118. The van der Waals surface area contributed by atoms with Crippen LogP contribution in [0.3, 0.4) is 0 Å². The molecule has 0 fully saturated rings. The minimum Gasteiger partial charge on any atom is -0.373 e. The number of primary amides is 1. The van der Waals surface area contributed by atoms with Crippen LogP contribution in [0.2, 0.25) is 0 Å². The molecule has 0 aliphatic carbocycles. The molecular formula is C13H19ClN2O. The predicted molar refractivity (Wildman–Crippen MR) is 72.6 cm³/mol. The van der Waals surface area contributed by atoms with Gasteiger partial charge in [0.15, 0.2) is 0 Å². The number of nitrogens with zero attached hydrogens (tertiary/aromatic N) is 1. The minimum absolute atomic E-state index is 0.233. The number of hydrogen-bond acceptors (Lipinski definition) is 2. The van der Waals surface area contributed by atoms with Crippen LogP contribution in [0.5, 0.6) is 0 Å². The largest absolute Gasteiger partial charge is 0.373 e. The van der Waals surface area contributed by atoms with Crippen molar-refractivity contribution in [3.05, 3.63) is 29.8 Å². The van der Waals surface area contributed by atoms with Gasteiger partial charge >= 0.3 is 0 Å². The lowest BCUT2D eigenvalue weighted by atomic mass is 10.1. The van der Waals surface area contributed by atoms with Gasteiger partial charge in [-0.05, 0) is 30.5 Å². The number of amides is 1. The highest BCUT2D eigenvalue weighted by Crippen LogP contribution is 2.15. The average Bonchev–Trinajstić information content (AvgIpc) is 2.30. The molecule has 1 aromatic carbocycles. The Labute approximate surface area is 108 Å². The topological polar surface area (TPSA) is 46.3 Å². The Kier molecular flexibility index (Phi) is 5.84.